The molecule has 0 unspecified atom stereocenters. The van der Waals surface area contributed by atoms with Gasteiger partial charge in [-0.25, -0.2) is 13.8 Å². The van der Waals surface area contributed by atoms with Gasteiger partial charge >= 0.3 is 0 Å². The lowest BCUT2D eigenvalue weighted by molar-refractivity contribution is -0.0102. The SMILES string of the molecule is Cc1cc(Br)c(N2CCCC(F)(F)CC2)nc1C(C)(C)C. The van der Waals surface area contributed by atoms with Crippen LogP contribution in [0.5, 0.6) is 0 Å². The molecule has 1 aromatic heterocycles. The molecular formula is C16H23BrF2N2. The van der Waals surface area contributed by atoms with Gasteiger partial charge in [0.15, 0.2) is 0 Å². The van der Waals surface area contributed by atoms with Gasteiger partial charge in [0.05, 0.1) is 10.2 Å². The van der Waals surface area contributed by atoms with Gasteiger partial charge in [-0.2, -0.15) is 0 Å². The Hall–Kier alpha value is -0.710. The van der Waals surface area contributed by atoms with Crippen molar-refractivity contribution in [3.8, 4) is 0 Å². The van der Waals surface area contributed by atoms with Gasteiger partial charge in [-0.1, -0.05) is 20.8 Å². The van der Waals surface area contributed by atoms with Crippen LogP contribution in [0.1, 0.15) is 51.3 Å². The lowest BCUT2D eigenvalue weighted by atomic mass is 9.89. The van der Waals surface area contributed by atoms with Crippen molar-refractivity contribution in [3.05, 3.63) is 21.8 Å². The second-order valence-electron chi connectivity index (χ2n) is 6.91. The van der Waals surface area contributed by atoms with Crippen molar-refractivity contribution < 1.29 is 8.78 Å². The van der Waals surface area contributed by atoms with Crippen molar-refractivity contribution in [2.24, 2.45) is 0 Å². The van der Waals surface area contributed by atoms with Crippen LogP contribution in [0.2, 0.25) is 0 Å². The summed E-state index contributed by atoms with van der Waals surface area (Å²) in [6.07, 6.45) is 0.374. The van der Waals surface area contributed by atoms with Gasteiger partial charge in [0.25, 0.3) is 0 Å². The Balaban J connectivity index is 2.35. The molecule has 21 heavy (non-hydrogen) atoms. The fourth-order valence-corrected chi connectivity index (χ4v) is 3.51. The number of halogens is 3. The first-order valence-corrected chi connectivity index (χ1v) is 8.20. The molecule has 1 saturated heterocycles. The van der Waals surface area contributed by atoms with Gasteiger partial charge in [-0.05, 0) is 40.9 Å². The summed E-state index contributed by atoms with van der Waals surface area (Å²) < 4.78 is 27.9. The van der Waals surface area contributed by atoms with Crippen LogP contribution in [0.15, 0.2) is 10.5 Å². The summed E-state index contributed by atoms with van der Waals surface area (Å²) in [7, 11) is 0. The molecule has 0 aliphatic carbocycles. The zero-order valence-corrected chi connectivity index (χ0v) is 14.7. The van der Waals surface area contributed by atoms with E-state index >= 15 is 0 Å². The van der Waals surface area contributed by atoms with E-state index in [4.69, 9.17) is 4.98 Å². The van der Waals surface area contributed by atoms with E-state index in [2.05, 4.69) is 36.7 Å². The third kappa shape index (κ3) is 3.93. The molecule has 1 aliphatic rings. The smallest absolute Gasteiger partial charge is 0.249 e. The quantitative estimate of drug-likeness (QED) is 0.694. The third-order valence-corrected chi connectivity index (χ3v) is 4.46. The second-order valence-corrected chi connectivity index (χ2v) is 7.76. The molecule has 0 N–H and O–H groups in total. The Labute approximate surface area is 134 Å². The zero-order valence-electron chi connectivity index (χ0n) is 13.1. The molecule has 2 nitrogen and oxygen atoms in total. The third-order valence-electron chi connectivity index (χ3n) is 3.88. The van der Waals surface area contributed by atoms with Crippen molar-refractivity contribution >= 4 is 21.7 Å². The van der Waals surface area contributed by atoms with E-state index in [0.29, 0.717) is 19.5 Å². The van der Waals surface area contributed by atoms with Crippen LogP contribution >= 0.6 is 15.9 Å². The standard InChI is InChI=1S/C16H23BrF2N2/c1-11-10-12(17)14(20-13(11)15(2,3)4)21-8-5-6-16(18,19)7-9-21/h10H,5-9H2,1-4H3. The van der Waals surface area contributed by atoms with Gasteiger partial charge in [-0.15, -0.1) is 0 Å². The van der Waals surface area contributed by atoms with Crippen LogP contribution in [0.3, 0.4) is 0 Å². The highest BCUT2D eigenvalue weighted by Crippen LogP contribution is 2.35. The Morgan fingerprint density at radius 2 is 1.90 bits per heavy atom. The highest BCUT2D eigenvalue weighted by Gasteiger charge is 2.33. The van der Waals surface area contributed by atoms with Crippen molar-refractivity contribution in [2.45, 2.75) is 58.3 Å². The molecule has 0 aromatic carbocycles. The maximum absolute atomic E-state index is 13.5. The Bertz CT molecular complexity index is 524. The fraction of sp³-hybridized carbons (Fsp3) is 0.688. The van der Waals surface area contributed by atoms with E-state index in [1.165, 1.54) is 0 Å². The molecule has 0 amide bonds. The first-order chi connectivity index (χ1) is 9.60. The summed E-state index contributed by atoms with van der Waals surface area (Å²) in [6.45, 7) is 9.39. The van der Waals surface area contributed by atoms with Crippen molar-refractivity contribution in [1.82, 2.24) is 4.98 Å². The highest BCUT2D eigenvalue weighted by molar-refractivity contribution is 9.10. The average Bonchev–Trinajstić information content (AvgIpc) is 2.49. The number of aryl methyl sites for hydroxylation is 1. The predicted octanol–water partition coefficient (Wildman–Crippen LogP) is 5.08. The van der Waals surface area contributed by atoms with E-state index in [0.717, 1.165) is 21.5 Å². The molecule has 0 atom stereocenters. The molecule has 1 aliphatic heterocycles. The number of nitrogens with zero attached hydrogens (tertiary/aromatic N) is 2. The molecule has 1 aromatic rings. The number of rotatable bonds is 1. The monoisotopic (exact) mass is 360 g/mol. The molecule has 0 radical (unpaired) electrons. The predicted molar refractivity (Wildman–Crippen MR) is 86.4 cm³/mol. The lowest BCUT2D eigenvalue weighted by Gasteiger charge is -2.27. The molecule has 0 spiro atoms. The average molecular weight is 361 g/mol. The Kier molecular flexibility index (Phi) is 4.62. The number of anilines is 1. The number of pyridine rings is 1. The van der Waals surface area contributed by atoms with Gasteiger partial charge in [0, 0.05) is 31.3 Å². The molecular weight excluding hydrogens is 338 g/mol. The van der Waals surface area contributed by atoms with E-state index in [-0.39, 0.29) is 18.3 Å². The molecule has 2 heterocycles. The van der Waals surface area contributed by atoms with Gasteiger partial charge < -0.3 is 4.90 Å². The van der Waals surface area contributed by atoms with Crippen LogP contribution in [0.4, 0.5) is 14.6 Å². The van der Waals surface area contributed by atoms with Crippen LogP contribution in [-0.2, 0) is 5.41 Å². The first kappa shape index (κ1) is 16.7. The number of alkyl halides is 2. The first-order valence-electron chi connectivity index (χ1n) is 7.40. The maximum atomic E-state index is 13.5. The van der Waals surface area contributed by atoms with Crippen LogP contribution in [-0.4, -0.2) is 24.0 Å². The summed E-state index contributed by atoms with van der Waals surface area (Å²) >= 11 is 3.55. The minimum Gasteiger partial charge on any atom is -0.355 e. The van der Waals surface area contributed by atoms with E-state index in [1.807, 2.05) is 17.9 Å². The lowest BCUT2D eigenvalue weighted by Crippen LogP contribution is -2.28. The summed E-state index contributed by atoms with van der Waals surface area (Å²) in [5, 5.41) is 0. The molecule has 0 saturated carbocycles. The Morgan fingerprint density at radius 3 is 2.52 bits per heavy atom. The van der Waals surface area contributed by atoms with Crippen molar-refractivity contribution in [1.29, 1.82) is 0 Å². The van der Waals surface area contributed by atoms with Crippen molar-refractivity contribution in [3.63, 3.8) is 0 Å². The molecule has 0 bridgehead atoms. The van der Waals surface area contributed by atoms with Crippen LogP contribution in [0.25, 0.3) is 0 Å². The highest BCUT2D eigenvalue weighted by atomic mass is 79.9. The topological polar surface area (TPSA) is 16.1 Å². The Morgan fingerprint density at radius 1 is 1.24 bits per heavy atom. The summed E-state index contributed by atoms with van der Waals surface area (Å²) in [6, 6.07) is 2.05. The minimum atomic E-state index is -2.54. The van der Waals surface area contributed by atoms with Gasteiger partial charge in [0.2, 0.25) is 5.92 Å². The van der Waals surface area contributed by atoms with E-state index in [1.54, 1.807) is 0 Å². The van der Waals surface area contributed by atoms with Crippen LogP contribution in [0, 0.1) is 6.92 Å². The summed E-state index contributed by atoms with van der Waals surface area (Å²) in [5.74, 6) is -1.75. The maximum Gasteiger partial charge on any atom is 0.249 e. The number of hydrogen-bond acceptors (Lipinski definition) is 2. The van der Waals surface area contributed by atoms with Crippen molar-refractivity contribution in [2.75, 3.05) is 18.0 Å². The molecule has 118 valence electrons. The fourth-order valence-electron chi connectivity index (χ4n) is 2.83. The minimum absolute atomic E-state index is 0.0287. The zero-order chi connectivity index (χ0) is 15.8. The molecule has 2 rings (SSSR count). The van der Waals surface area contributed by atoms with Gasteiger partial charge in [-0.3, -0.25) is 0 Å². The molecule has 5 heteroatoms. The van der Waals surface area contributed by atoms with Crippen LogP contribution < -0.4 is 4.90 Å². The molecule has 1 fully saturated rings. The number of hydrogen-bond donors (Lipinski definition) is 0. The van der Waals surface area contributed by atoms with Gasteiger partial charge in [0.1, 0.15) is 5.82 Å². The second kappa shape index (κ2) is 5.82. The normalized spacial score (nSPS) is 19.5. The van der Waals surface area contributed by atoms with E-state index in [9.17, 15) is 8.78 Å². The van der Waals surface area contributed by atoms with E-state index < -0.39 is 5.92 Å². The largest absolute Gasteiger partial charge is 0.355 e. The number of aromatic nitrogens is 1. The summed E-state index contributed by atoms with van der Waals surface area (Å²) in [4.78, 5) is 6.78. The summed E-state index contributed by atoms with van der Waals surface area (Å²) in [5.41, 5.74) is 2.09.